The van der Waals surface area contributed by atoms with Crippen LogP contribution in [0.4, 0.5) is 0 Å². The predicted octanol–water partition coefficient (Wildman–Crippen LogP) is 2.74. The van der Waals surface area contributed by atoms with Crippen molar-refractivity contribution in [1.29, 1.82) is 0 Å². The molecule has 1 unspecified atom stereocenters. The first-order chi connectivity index (χ1) is 3.72. The summed E-state index contributed by atoms with van der Waals surface area (Å²) < 4.78 is 0. The van der Waals surface area contributed by atoms with Crippen LogP contribution in [0.2, 0.25) is 0 Å². The third-order valence-corrected chi connectivity index (χ3v) is 2.22. The molecule has 0 spiro atoms. The Morgan fingerprint density at radius 3 is 2.44 bits per heavy atom. The molecule has 0 bridgehead atoms. The zero-order valence-corrected chi connectivity index (χ0v) is 7.45. The summed E-state index contributed by atoms with van der Waals surface area (Å²) in [7, 11) is 0. The number of allylic oxidation sites excluding steroid dienone is 2. The molecule has 0 aliphatic heterocycles. The molecule has 0 heterocycles. The maximum Gasteiger partial charge on any atom is 0 e. The van der Waals surface area contributed by atoms with E-state index in [1.54, 1.807) is 0 Å². The second-order valence-corrected chi connectivity index (χ2v) is 2.78. The number of rotatable bonds is 0. The van der Waals surface area contributed by atoms with Crippen LogP contribution in [0.15, 0.2) is 11.1 Å². The molecule has 0 aromatic rings. The summed E-state index contributed by atoms with van der Waals surface area (Å²) in [5, 5.41) is 0.970. The maximum absolute atomic E-state index is 5.78. The van der Waals surface area contributed by atoms with Crippen LogP contribution in [-0.2, 0) is 17.1 Å². The minimum atomic E-state index is 0. The van der Waals surface area contributed by atoms with Crippen molar-refractivity contribution in [2.75, 3.05) is 0 Å². The van der Waals surface area contributed by atoms with E-state index in [9.17, 15) is 0 Å². The van der Waals surface area contributed by atoms with Gasteiger partial charge in [-0.15, -0.1) is 35.9 Å². The zero-order valence-electron chi connectivity index (χ0n) is 5.59. The van der Waals surface area contributed by atoms with Crippen molar-refractivity contribution in [1.82, 2.24) is 0 Å². The third kappa shape index (κ3) is 1.93. The van der Waals surface area contributed by atoms with Crippen LogP contribution in [0, 0.1) is 11.8 Å². The molecule has 0 saturated carbocycles. The summed E-state index contributed by atoms with van der Waals surface area (Å²) in [5.74, 6) is 2.02. The molecular weight excluding hydrogens is 175 g/mol. The standard InChI is InChI=1S/C7H10Cl.Fe/c1-5-3-4-7(8)6(5)2;/h4-5H,3H2,1-2H3;/q-1;. The quantitative estimate of drug-likeness (QED) is 0.402. The fourth-order valence-corrected chi connectivity index (χ4v) is 1.13. The van der Waals surface area contributed by atoms with Gasteiger partial charge in [0, 0.05) is 17.1 Å². The molecule has 1 aliphatic carbocycles. The van der Waals surface area contributed by atoms with E-state index in [1.165, 1.54) is 5.92 Å². The molecule has 1 aliphatic rings. The van der Waals surface area contributed by atoms with E-state index >= 15 is 0 Å². The van der Waals surface area contributed by atoms with Gasteiger partial charge in [-0.1, -0.05) is 6.92 Å². The van der Waals surface area contributed by atoms with Gasteiger partial charge in [0.2, 0.25) is 0 Å². The van der Waals surface area contributed by atoms with Gasteiger partial charge in [-0.3, -0.25) is 0 Å². The van der Waals surface area contributed by atoms with Gasteiger partial charge < -0.3 is 0 Å². The normalized spacial score (nSPS) is 25.4. The van der Waals surface area contributed by atoms with Crippen LogP contribution in [0.5, 0.6) is 0 Å². The second-order valence-electron chi connectivity index (χ2n) is 2.37. The molecule has 0 radical (unpaired) electrons. The summed E-state index contributed by atoms with van der Waals surface area (Å²) in [5.41, 5.74) is 0. The Labute approximate surface area is 72.1 Å². The zero-order chi connectivity index (χ0) is 6.15. The molecule has 0 fully saturated rings. The minimum Gasteiger partial charge on any atom is -0.213 e. The third-order valence-electron chi connectivity index (χ3n) is 1.77. The average Bonchev–Trinajstić information content (AvgIpc) is 1.98. The molecule has 1 rings (SSSR count). The van der Waals surface area contributed by atoms with Crippen molar-refractivity contribution < 1.29 is 17.1 Å². The van der Waals surface area contributed by atoms with Crippen LogP contribution < -0.4 is 0 Å². The summed E-state index contributed by atoms with van der Waals surface area (Å²) in [6.45, 7) is 4.29. The number of hydrogen-bond acceptors (Lipinski definition) is 0. The molecule has 9 heavy (non-hydrogen) atoms. The van der Waals surface area contributed by atoms with Gasteiger partial charge in [0.05, 0.1) is 0 Å². The van der Waals surface area contributed by atoms with Gasteiger partial charge in [0.1, 0.15) is 0 Å². The Morgan fingerprint density at radius 2 is 2.33 bits per heavy atom. The van der Waals surface area contributed by atoms with Crippen LogP contribution in [0.1, 0.15) is 20.3 Å². The minimum absolute atomic E-state index is 0. The second kappa shape index (κ2) is 3.55. The topological polar surface area (TPSA) is 0 Å². The van der Waals surface area contributed by atoms with Gasteiger partial charge in [-0.2, -0.15) is 5.92 Å². The Hall–Kier alpha value is 0.419. The Kier molecular flexibility index (Phi) is 3.72. The fourth-order valence-electron chi connectivity index (χ4n) is 0.853. The smallest absolute Gasteiger partial charge is 0 e. The van der Waals surface area contributed by atoms with Gasteiger partial charge in [0.15, 0.2) is 0 Å². The van der Waals surface area contributed by atoms with Crippen molar-refractivity contribution in [2.24, 2.45) is 5.92 Å². The largest absolute Gasteiger partial charge is 0.213 e. The maximum atomic E-state index is 5.78. The summed E-state index contributed by atoms with van der Waals surface area (Å²) in [6.07, 6.45) is 3.21. The van der Waals surface area contributed by atoms with E-state index in [2.05, 4.69) is 19.9 Å². The molecule has 0 saturated heterocycles. The van der Waals surface area contributed by atoms with E-state index in [-0.39, 0.29) is 17.1 Å². The molecule has 1 atom stereocenters. The predicted molar refractivity (Wildman–Crippen MR) is 36.6 cm³/mol. The van der Waals surface area contributed by atoms with Crippen molar-refractivity contribution in [3.05, 3.63) is 17.0 Å². The van der Waals surface area contributed by atoms with Crippen molar-refractivity contribution in [3.63, 3.8) is 0 Å². The van der Waals surface area contributed by atoms with E-state index in [0.717, 1.165) is 11.5 Å². The van der Waals surface area contributed by atoms with Crippen LogP contribution in [0.25, 0.3) is 0 Å². The summed E-state index contributed by atoms with van der Waals surface area (Å²) in [4.78, 5) is 0. The van der Waals surface area contributed by atoms with Crippen molar-refractivity contribution >= 4 is 11.6 Å². The molecule has 0 amide bonds. The number of hydrogen-bond donors (Lipinski definition) is 0. The molecule has 0 N–H and O–H groups in total. The van der Waals surface area contributed by atoms with Crippen molar-refractivity contribution in [3.8, 4) is 0 Å². The average molecular weight is 185 g/mol. The van der Waals surface area contributed by atoms with E-state index in [1.807, 2.05) is 0 Å². The SMILES string of the molecule is C[C-]1C(Cl)=CCC1C.[Fe]. The van der Waals surface area contributed by atoms with Gasteiger partial charge in [0.25, 0.3) is 0 Å². The summed E-state index contributed by atoms with van der Waals surface area (Å²) >= 11 is 5.78. The van der Waals surface area contributed by atoms with Crippen LogP contribution in [-0.4, -0.2) is 0 Å². The Balaban J connectivity index is 0.000000640. The first-order valence-corrected chi connectivity index (χ1v) is 3.29. The van der Waals surface area contributed by atoms with Crippen LogP contribution in [0.3, 0.4) is 0 Å². The molecule has 0 aromatic carbocycles. The fraction of sp³-hybridized carbons (Fsp3) is 0.571. The molecule has 0 aromatic heterocycles. The molecule has 54 valence electrons. The van der Waals surface area contributed by atoms with E-state index in [0.29, 0.717) is 5.92 Å². The molecular formula is C7H10ClFe-. The monoisotopic (exact) mass is 185 g/mol. The first-order valence-electron chi connectivity index (χ1n) is 2.91. The van der Waals surface area contributed by atoms with Gasteiger partial charge in [-0.05, 0) is 0 Å². The van der Waals surface area contributed by atoms with Crippen molar-refractivity contribution in [2.45, 2.75) is 20.3 Å². The van der Waals surface area contributed by atoms with E-state index in [4.69, 9.17) is 11.6 Å². The first kappa shape index (κ1) is 9.42. The van der Waals surface area contributed by atoms with Crippen LogP contribution >= 0.6 is 11.6 Å². The summed E-state index contributed by atoms with van der Waals surface area (Å²) in [6, 6.07) is 0. The molecule has 0 nitrogen and oxygen atoms in total. The van der Waals surface area contributed by atoms with E-state index < -0.39 is 0 Å². The Bertz CT molecular complexity index is 120. The molecule has 2 heteroatoms. The Morgan fingerprint density at radius 1 is 1.78 bits per heavy atom. The number of halogens is 1. The van der Waals surface area contributed by atoms with Gasteiger partial charge in [-0.25, -0.2) is 6.08 Å². The van der Waals surface area contributed by atoms with Gasteiger partial charge >= 0.3 is 0 Å².